The molecule has 0 saturated carbocycles. The number of esters is 1. The third kappa shape index (κ3) is 5.38. The van der Waals surface area contributed by atoms with Gasteiger partial charge >= 0.3 is 5.97 Å². The molecule has 2 aromatic rings. The molecule has 1 atom stereocenters. The largest absolute Gasteiger partial charge is 0.465 e. The second kappa shape index (κ2) is 9.59. The highest BCUT2D eigenvalue weighted by atomic mass is 35.5. The summed E-state index contributed by atoms with van der Waals surface area (Å²) in [4.78, 5) is 24.2. The molecule has 1 aliphatic heterocycles. The molecule has 1 N–H and O–H groups in total. The highest BCUT2D eigenvalue weighted by Crippen LogP contribution is 2.25. The van der Waals surface area contributed by atoms with E-state index in [0.29, 0.717) is 41.2 Å². The van der Waals surface area contributed by atoms with Crippen molar-refractivity contribution >= 4 is 39.2 Å². The Balaban J connectivity index is 1.64. The molecule has 0 radical (unpaired) electrons. The summed E-state index contributed by atoms with van der Waals surface area (Å²) in [5, 5.41) is 3.20. The first-order valence-corrected chi connectivity index (χ1v) is 11.5. The van der Waals surface area contributed by atoms with Crippen LogP contribution in [0.15, 0.2) is 48.5 Å². The summed E-state index contributed by atoms with van der Waals surface area (Å²) in [5.74, 6) is -1.37. The molecule has 0 spiro atoms. The molecule has 2 aromatic carbocycles. The quantitative estimate of drug-likeness (QED) is 0.681. The maximum Gasteiger partial charge on any atom is 0.337 e. The Morgan fingerprint density at radius 3 is 2.53 bits per heavy atom. The van der Waals surface area contributed by atoms with Gasteiger partial charge in [-0.1, -0.05) is 29.8 Å². The average Bonchev–Trinajstić information content (AvgIpc) is 2.75. The zero-order valence-corrected chi connectivity index (χ0v) is 18.1. The van der Waals surface area contributed by atoms with Gasteiger partial charge in [-0.2, -0.15) is 0 Å². The van der Waals surface area contributed by atoms with Crippen molar-refractivity contribution in [2.75, 3.05) is 25.5 Å². The summed E-state index contributed by atoms with van der Waals surface area (Å²) in [5.41, 5.74) is 1.45. The number of rotatable bonds is 6. The Morgan fingerprint density at radius 2 is 1.87 bits per heavy atom. The molecule has 1 heterocycles. The third-order valence-corrected chi connectivity index (χ3v) is 7.18. The van der Waals surface area contributed by atoms with Gasteiger partial charge in [0.2, 0.25) is 15.9 Å². The van der Waals surface area contributed by atoms with Gasteiger partial charge < -0.3 is 10.1 Å². The Bertz CT molecular complexity index is 1020. The van der Waals surface area contributed by atoms with Gasteiger partial charge in [-0.3, -0.25) is 4.79 Å². The number of halogens is 1. The fraction of sp³-hybridized carbons (Fsp3) is 0.333. The molecule has 30 heavy (non-hydrogen) atoms. The van der Waals surface area contributed by atoms with Gasteiger partial charge in [0.1, 0.15) is 0 Å². The van der Waals surface area contributed by atoms with Crippen molar-refractivity contribution < 1.29 is 22.7 Å². The highest BCUT2D eigenvalue weighted by Gasteiger charge is 2.32. The van der Waals surface area contributed by atoms with E-state index >= 15 is 0 Å². The van der Waals surface area contributed by atoms with Gasteiger partial charge in [-0.05, 0) is 48.7 Å². The van der Waals surface area contributed by atoms with Crippen molar-refractivity contribution in [2.24, 2.45) is 5.92 Å². The molecule has 1 amide bonds. The number of methoxy groups -OCH3 is 1. The van der Waals surface area contributed by atoms with Crippen molar-refractivity contribution in [3.8, 4) is 0 Å². The summed E-state index contributed by atoms with van der Waals surface area (Å²) < 4.78 is 31.7. The summed E-state index contributed by atoms with van der Waals surface area (Å²) in [6.45, 7) is 0.503. The van der Waals surface area contributed by atoms with Crippen LogP contribution >= 0.6 is 11.6 Å². The van der Waals surface area contributed by atoms with Crippen LogP contribution < -0.4 is 5.32 Å². The lowest BCUT2D eigenvalue weighted by molar-refractivity contribution is -0.120. The van der Waals surface area contributed by atoms with E-state index in [2.05, 4.69) is 10.1 Å². The number of carbonyl (C=O) groups is 2. The van der Waals surface area contributed by atoms with Crippen LogP contribution in [0.5, 0.6) is 0 Å². The van der Waals surface area contributed by atoms with Crippen molar-refractivity contribution in [3.05, 3.63) is 64.7 Å². The van der Waals surface area contributed by atoms with Gasteiger partial charge in [0.05, 0.1) is 24.3 Å². The van der Waals surface area contributed by atoms with E-state index in [-0.39, 0.29) is 18.2 Å². The fourth-order valence-electron chi connectivity index (χ4n) is 3.36. The summed E-state index contributed by atoms with van der Waals surface area (Å²) in [6.07, 6.45) is 1.20. The molecular formula is C21H23ClN2O5S. The molecular weight excluding hydrogens is 428 g/mol. The number of ether oxygens (including phenoxy) is 1. The van der Waals surface area contributed by atoms with Crippen LogP contribution in [0.3, 0.4) is 0 Å². The zero-order valence-electron chi connectivity index (χ0n) is 16.5. The topological polar surface area (TPSA) is 92.8 Å². The van der Waals surface area contributed by atoms with E-state index in [1.807, 2.05) is 0 Å². The first kappa shape index (κ1) is 22.3. The second-order valence-corrected chi connectivity index (χ2v) is 9.48. The van der Waals surface area contributed by atoms with Crippen LogP contribution in [-0.2, 0) is 25.3 Å². The normalized spacial score (nSPS) is 17.3. The number of benzene rings is 2. The number of carbonyl (C=O) groups excluding carboxylic acids is 2. The average molecular weight is 451 g/mol. The Morgan fingerprint density at radius 1 is 1.17 bits per heavy atom. The monoisotopic (exact) mass is 450 g/mol. The second-order valence-electron chi connectivity index (χ2n) is 7.10. The summed E-state index contributed by atoms with van der Waals surface area (Å²) in [6, 6.07) is 13.2. The zero-order chi connectivity index (χ0) is 21.7. The Hall–Kier alpha value is -2.42. The molecule has 0 unspecified atom stereocenters. The Labute approximate surface area is 181 Å². The molecule has 9 heteroatoms. The predicted octanol–water partition coefficient (Wildman–Crippen LogP) is 3.31. The lowest BCUT2D eigenvalue weighted by Gasteiger charge is -2.31. The van der Waals surface area contributed by atoms with E-state index in [1.54, 1.807) is 48.5 Å². The molecule has 1 aliphatic rings. The molecule has 1 fully saturated rings. The number of anilines is 1. The molecule has 160 valence electrons. The molecule has 0 aliphatic carbocycles. The lowest BCUT2D eigenvalue weighted by Crippen LogP contribution is -2.44. The van der Waals surface area contributed by atoms with Crippen LogP contribution in [0.25, 0.3) is 0 Å². The number of nitrogens with one attached hydrogen (secondary N) is 1. The van der Waals surface area contributed by atoms with Crippen molar-refractivity contribution in [3.63, 3.8) is 0 Å². The van der Waals surface area contributed by atoms with E-state index in [9.17, 15) is 18.0 Å². The van der Waals surface area contributed by atoms with Gasteiger partial charge in [-0.15, -0.1) is 0 Å². The lowest BCUT2D eigenvalue weighted by atomic mass is 9.98. The predicted molar refractivity (Wildman–Crippen MR) is 115 cm³/mol. The number of piperidine rings is 1. The van der Waals surface area contributed by atoms with Gasteiger partial charge in [-0.25, -0.2) is 17.5 Å². The molecule has 7 nitrogen and oxygen atoms in total. The van der Waals surface area contributed by atoms with E-state index < -0.39 is 21.9 Å². The molecule has 0 bridgehead atoms. The standard InChI is InChI=1S/C21H23ClN2O5S/c1-29-21(26)15-8-10-18(11-9-15)23-20(25)16-6-4-12-24(13-16)30(27,28)14-17-5-2-3-7-19(17)22/h2-3,5,7-11,16H,4,6,12-14H2,1H3,(H,23,25)/t16-/m0/s1. The van der Waals surface area contributed by atoms with Crippen molar-refractivity contribution in [2.45, 2.75) is 18.6 Å². The van der Waals surface area contributed by atoms with Crippen LogP contribution in [0.1, 0.15) is 28.8 Å². The molecule has 1 saturated heterocycles. The number of amides is 1. The first-order valence-electron chi connectivity index (χ1n) is 9.50. The SMILES string of the molecule is COC(=O)c1ccc(NC(=O)[C@H]2CCCN(S(=O)(=O)Cc3ccccc3Cl)C2)cc1. The minimum atomic E-state index is -3.60. The smallest absolute Gasteiger partial charge is 0.337 e. The van der Waals surface area contributed by atoms with Crippen LogP contribution in [0.2, 0.25) is 5.02 Å². The maximum atomic E-state index is 12.9. The summed E-state index contributed by atoms with van der Waals surface area (Å²) >= 11 is 6.10. The first-order chi connectivity index (χ1) is 14.3. The minimum Gasteiger partial charge on any atom is -0.465 e. The summed E-state index contributed by atoms with van der Waals surface area (Å²) in [7, 11) is -2.30. The van der Waals surface area contributed by atoms with Crippen LogP contribution in [0, 0.1) is 5.92 Å². The van der Waals surface area contributed by atoms with Crippen LogP contribution in [-0.4, -0.2) is 44.8 Å². The third-order valence-electron chi connectivity index (χ3n) is 5.02. The van der Waals surface area contributed by atoms with Gasteiger partial charge in [0, 0.05) is 23.8 Å². The number of hydrogen-bond acceptors (Lipinski definition) is 5. The van der Waals surface area contributed by atoms with E-state index in [4.69, 9.17) is 11.6 Å². The van der Waals surface area contributed by atoms with Crippen molar-refractivity contribution in [1.82, 2.24) is 4.31 Å². The van der Waals surface area contributed by atoms with E-state index in [0.717, 1.165) is 0 Å². The fourth-order valence-corrected chi connectivity index (χ4v) is 5.29. The number of nitrogens with zero attached hydrogens (tertiary/aromatic N) is 1. The number of hydrogen-bond donors (Lipinski definition) is 1. The van der Waals surface area contributed by atoms with Crippen LogP contribution in [0.4, 0.5) is 5.69 Å². The van der Waals surface area contributed by atoms with E-state index in [1.165, 1.54) is 11.4 Å². The van der Waals surface area contributed by atoms with Crippen molar-refractivity contribution in [1.29, 1.82) is 0 Å². The molecule has 3 rings (SSSR count). The maximum absolute atomic E-state index is 12.9. The Kier molecular flexibility index (Phi) is 7.12. The van der Waals surface area contributed by atoms with Gasteiger partial charge in [0.25, 0.3) is 0 Å². The van der Waals surface area contributed by atoms with Gasteiger partial charge in [0.15, 0.2) is 0 Å². The minimum absolute atomic E-state index is 0.124. The number of sulfonamides is 1. The highest BCUT2D eigenvalue weighted by molar-refractivity contribution is 7.88. The molecule has 0 aromatic heterocycles.